The van der Waals surface area contributed by atoms with Gasteiger partial charge in [-0.3, -0.25) is 4.99 Å². The summed E-state index contributed by atoms with van der Waals surface area (Å²) in [6.07, 6.45) is 2.84. The Bertz CT molecular complexity index is 762. The number of aliphatic imine (C=N–C) groups is 1. The van der Waals surface area contributed by atoms with E-state index in [1.165, 1.54) is 0 Å². The van der Waals surface area contributed by atoms with Crippen molar-refractivity contribution in [3.05, 3.63) is 45.4 Å². The first-order valence-corrected chi connectivity index (χ1v) is 9.61. The van der Waals surface area contributed by atoms with Crippen molar-refractivity contribution < 1.29 is 13.5 Å². The highest BCUT2D eigenvalue weighted by molar-refractivity contribution is 7.11. The Hall–Kier alpha value is -2.22. The van der Waals surface area contributed by atoms with Gasteiger partial charge in [-0.1, -0.05) is 31.5 Å². The number of halogens is 2. The Morgan fingerprint density at radius 1 is 1.26 bits per heavy atom. The number of aromatic nitrogens is 1. The second kappa shape index (κ2) is 10.2. The zero-order chi connectivity index (χ0) is 19.8. The van der Waals surface area contributed by atoms with Crippen molar-refractivity contribution in [3.8, 4) is 5.75 Å². The van der Waals surface area contributed by atoms with Crippen LogP contribution in [0.1, 0.15) is 34.9 Å². The van der Waals surface area contributed by atoms with E-state index in [4.69, 9.17) is 0 Å². The van der Waals surface area contributed by atoms with Crippen LogP contribution in [0, 0.1) is 12.8 Å². The van der Waals surface area contributed by atoms with Gasteiger partial charge in [0, 0.05) is 36.7 Å². The average Bonchev–Trinajstić information content (AvgIpc) is 3.03. The van der Waals surface area contributed by atoms with E-state index in [0.717, 1.165) is 21.9 Å². The number of benzene rings is 1. The van der Waals surface area contributed by atoms with Crippen LogP contribution in [0.3, 0.4) is 0 Å². The van der Waals surface area contributed by atoms with Crippen LogP contribution in [0.5, 0.6) is 5.75 Å². The van der Waals surface area contributed by atoms with Crippen LogP contribution in [0.2, 0.25) is 0 Å². The molecular weight excluding hydrogens is 370 g/mol. The number of rotatable bonds is 8. The summed E-state index contributed by atoms with van der Waals surface area (Å²) in [6, 6.07) is 5.12. The third-order valence-electron chi connectivity index (χ3n) is 3.72. The third kappa shape index (κ3) is 7.13. The lowest BCUT2D eigenvalue weighted by Crippen LogP contribution is -2.36. The van der Waals surface area contributed by atoms with E-state index in [2.05, 4.69) is 39.2 Å². The topological polar surface area (TPSA) is 58.5 Å². The second-order valence-corrected chi connectivity index (χ2v) is 7.79. The molecule has 148 valence electrons. The molecule has 2 N–H and O–H groups in total. The van der Waals surface area contributed by atoms with Gasteiger partial charge in [-0.2, -0.15) is 8.78 Å². The van der Waals surface area contributed by atoms with E-state index < -0.39 is 6.61 Å². The molecule has 0 saturated carbocycles. The Morgan fingerprint density at radius 2 is 2.00 bits per heavy atom. The molecule has 2 rings (SSSR count). The van der Waals surface area contributed by atoms with E-state index in [1.807, 2.05) is 19.2 Å². The van der Waals surface area contributed by atoms with Crippen molar-refractivity contribution in [2.75, 3.05) is 7.05 Å². The minimum Gasteiger partial charge on any atom is -0.434 e. The maximum Gasteiger partial charge on any atom is 0.387 e. The molecular formula is C19H26F2N4OS. The standard InChI is InChI=1S/C19H26F2N4OS/c1-12(2)7-17-23-10-15(27-17)11-25-19(22-4)24-9-14-8-13(3)5-6-16(14)26-18(20)21/h5-6,8,10,12,18H,7,9,11H2,1-4H3,(H2,22,24,25). The number of hydrogen-bond acceptors (Lipinski definition) is 4. The third-order valence-corrected chi connectivity index (χ3v) is 4.74. The maximum atomic E-state index is 12.6. The van der Waals surface area contributed by atoms with Gasteiger partial charge in [0.2, 0.25) is 0 Å². The number of hydrogen-bond donors (Lipinski definition) is 2. The normalized spacial score (nSPS) is 11.9. The first-order valence-electron chi connectivity index (χ1n) is 8.79. The number of ether oxygens (including phenoxy) is 1. The smallest absolute Gasteiger partial charge is 0.387 e. The Labute approximate surface area is 162 Å². The predicted molar refractivity (Wildman–Crippen MR) is 106 cm³/mol. The quantitative estimate of drug-likeness (QED) is 0.521. The van der Waals surface area contributed by atoms with Gasteiger partial charge in [-0.05, 0) is 18.9 Å². The zero-order valence-electron chi connectivity index (χ0n) is 16.1. The second-order valence-electron chi connectivity index (χ2n) is 6.59. The molecule has 1 aromatic heterocycles. The molecule has 27 heavy (non-hydrogen) atoms. The van der Waals surface area contributed by atoms with E-state index in [0.29, 0.717) is 30.5 Å². The molecule has 0 fully saturated rings. The minimum absolute atomic E-state index is 0.166. The fraction of sp³-hybridized carbons (Fsp3) is 0.474. The van der Waals surface area contributed by atoms with Gasteiger partial charge in [0.05, 0.1) is 11.6 Å². The molecule has 0 aliphatic rings. The summed E-state index contributed by atoms with van der Waals surface area (Å²) in [5.41, 5.74) is 1.62. The summed E-state index contributed by atoms with van der Waals surface area (Å²) in [5, 5.41) is 7.48. The molecule has 0 aliphatic heterocycles. The molecule has 0 radical (unpaired) electrons. The van der Waals surface area contributed by atoms with Crippen LogP contribution < -0.4 is 15.4 Å². The Kier molecular flexibility index (Phi) is 7.97. The largest absolute Gasteiger partial charge is 0.434 e. The Balaban J connectivity index is 1.92. The molecule has 1 aromatic carbocycles. The summed E-state index contributed by atoms with van der Waals surface area (Å²) in [6.45, 7) is 4.32. The highest BCUT2D eigenvalue weighted by Crippen LogP contribution is 2.22. The van der Waals surface area contributed by atoms with Gasteiger partial charge in [0.25, 0.3) is 0 Å². The van der Waals surface area contributed by atoms with Crippen molar-refractivity contribution in [1.29, 1.82) is 0 Å². The highest BCUT2D eigenvalue weighted by atomic mass is 32.1. The van der Waals surface area contributed by atoms with Crippen LogP contribution in [-0.4, -0.2) is 24.6 Å². The monoisotopic (exact) mass is 396 g/mol. The highest BCUT2D eigenvalue weighted by Gasteiger charge is 2.11. The van der Waals surface area contributed by atoms with Crippen LogP contribution >= 0.6 is 11.3 Å². The van der Waals surface area contributed by atoms with Gasteiger partial charge in [0.1, 0.15) is 5.75 Å². The molecule has 5 nitrogen and oxygen atoms in total. The van der Waals surface area contributed by atoms with Gasteiger partial charge in [0.15, 0.2) is 5.96 Å². The zero-order valence-corrected chi connectivity index (χ0v) is 16.9. The van der Waals surface area contributed by atoms with E-state index in [9.17, 15) is 8.78 Å². The summed E-state index contributed by atoms with van der Waals surface area (Å²) in [7, 11) is 1.67. The molecule has 0 amide bonds. The lowest BCUT2D eigenvalue weighted by atomic mass is 10.1. The lowest BCUT2D eigenvalue weighted by Gasteiger charge is -2.15. The summed E-state index contributed by atoms with van der Waals surface area (Å²) < 4.78 is 29.7. The SMILES string of the molecule is CN=C(NCc1cnc(CC(C)C)s1)NCc1cc(C)ccc1OC(F)F. The van der Waals surface area contributed by atoms with Crippen molar-refractivity contribution in [3.63, 3.8) is 0 Å². The van der Waals surface area contributed by atoms with Gasteiger partial charge in [-0.15, -0.1) is 11.3 Å². The summed E-state index contributed by atoms with van der Waals surface area (Å²) in [5.74, 6) is 1.32. The van der Waals surface area contributed by atoms with Crippen LogP contribution in [0.25, 0.3) is 0 Å². The number of nitrogens with one attached hydrogen (secondary N) is 2. The van der Waals surface area contributed by atoms with Gasteiger partial charge < -0.3 is 15.4 Å². The predicted octanol–water partition coefficient (Wildman–Crippen LogP) is 4.12. The number of guanidine groups is 1. The first kappa shape index (κ1) is 21.1. The van der Waals surface area contributed by atoms with Crippen molar-refractivity contribution >= 4 is 17.3 Å². The molecule has 0 spiro atoms. The average molecular weight is 397 g/mol. The number of thiazole rings is 1. The van der Waals surface area contributed by atoms with E-state index in [-0.39, 0.29) is 5.75 Å². The molecule has 0 aliphatic carbocycles. The van der Waals surface area contributed by atoms with Crippen molar-refractivity contribution in [2.45, 2.75) is 46.9 Å². The van der Waals surface area contributed by atoms with Crippen LogP contribution in [-0.2, 0) is 19.5 Å². The van der Waals surface area contributed by atoms with Crippen LogP contribution in [0.15, 0.2) is 29.4 Å². The Morgan fingerprint density at radius 3 is 2.67 bits per heavy atom. The summed E-state index contributed by atoms with van der Waals surface area (Å²) >= 11 is 1.68. The fourth-order valence-electron chi connectivity index (χ4n) is 2.50. The number of nitrogens with zero attached hydrogens (tertiary/aromatic N) is 2. The molecule has 0 atom stereocenters. The molecule has 0 unspecified atom stereocenters. The number of alkyl halides is 2. The lowest BCUT2D eigenvalue weighted by molar-refractivity contribution is -0.0504. The van der Waals surface area contributed by atoms with Crippen molar-refractivity contribution in [2.24, 2.45) is 10.9 Å². The molecule has 1 heterocycles. The van der Waals surface area contributed by atoms with Crippen molar-refractivity contribution in [1.82, 2.24) is 15.6 Å². The first-order chi connectivity index (χ1) is 12.9. The molecule has 2 aromatic rings. The van der Waals surface area contributed by atoms with E-state index in [1.54, 1.807) is 30.5 Å². The summed E-state index contributed by atoms with van der Waals surface area (Å²) in [4.78, 5) is 9.73. The van der Waals surface area contributed by atoms with Crippen LogP contribution in [0.4, 0.5) is 8.78 Å². The van der Waals surface area contributed by atoms with Gasteiger partial charge in [-0.25, -0.2) is 4.98 Å². The maximum absolute atomic E-state index is 12.6. The van der Waals surface area contributed by atoms with Gasteiger partial charge >= 0.3 is 6.61 Å². The minimum atomic E-state index is -2.85. The number of aryl methyl sites for hydroxylation is 1. The van der Waals surface area contributed by atoms with E-state index >= 15 is 0 Å². The fourth-order valence-corrected chi connectivity index (χ4v) is 3.58. The molecule has 8 heteroatoms. The molecule has 0 bridgehead atoms. The molecule has 0 saturated heterocycles.